The molecule has 0 spiro atoms. The van der Waals surface area contributed by atoms with E-state index in [0.717, 1.165) is 0 Å². The molecular formula is C11H16ClNO2S. The van der Waals surface area contributed by atoms with Crippen LogP contribution in [-0.2, 0) is 0 Å². The monoisotopic (exact) mass is 261 g/mol. The van der Waals surface area contributed by atoms with Gasteiger partial charge in [0.1, 0.15) is 10.6 Å². The summed E-state index contributed by atoms with van der Waals surface area (Å²) in [7, 11) is 1.57. The molecule has 0 fully saturated rings. The van der Waals surface area contributed by atoms with Crippen molar-refractivity contribution in [1.29, 1.82) is 0 Å². The van der Waals surface area contributed by atoms with Crippen LogP contribution < -0.4 is 4.74 Å². The Morgan fingerprint density at radius 2 is 2.31 bits per heavy atom. The van der Waals surface area contributed by atoms with Crippen molar-refractivity contribution >= 4 is 28.8 Å². The maximum absolute atomic E-state index is 12.2. The molecule has 0 atom stereocenters. The minimum atomic E-state index is -0.0116. The molecule has 5 heteroatoms. The molecule has 0 aromatic carbocycles. The van der Waals surface area contributed by atoms with Crippen LogP contribution in [0.3, 0.4) is 0 Å². The van der Waals surface area contributed by atoms with Crippen LogP contribution in [0.4, 0.5) is 0 Å². The van der Waals surface area contributed by atoms with Gasteiger partial charge in [-0.1, -0.05) is 0 Å². The molecule has 0 saturated carbocycles. The summed E-state index contributed by atoms with van der Waals surface area (Å²) in [6, 6.07) is 1.94. The van der Waals surface area contributed by atoms with E-state index in [9.17, 15) is 4.79 Å². The minimum Gasteiger partial charge on any atom is -0.495 e. The van der Waals surface area contributed by atoms with Gasteiger partial charge in [-0.25, -0.2) is 0 Å². The molecule has 16 heavy (non-hydrogen) atoms. The van der Waals surface area contributed by atoms with Gasteiger partial charge in [0.05, 0.1) is 7.11 Å². The minimum absolute atomic E-state index is 0.0116. The number of thiophene rings is 1. The zero-order valence-corrected chi connectivity index (χ0v) is 11.3. The zero-order valence-electron chi connectivity index (χ0n) is 9.70. The topological polar surface area (TPSA) is 29.5 Å². The molecule has 0 bridgehead atoms. The highest BCUT2D eigenvalue weighted by atomic mass is 35.5. The Bertz CT molecular complexity index is 352. The second kappa shape index (κ2) is 6.11. The zero-order chi connectivity index (χ0) is 12.1. The average Bonchev–Trinajstić information content (AvgIpc) is 2.72. The molecule has 1 aromatic heterocycles. The number of carbonyl (C=O) groups excluding carboxylic acids is 1. The summed E-state index contributed by atoms with van der Waals surface area (Å²) in [6.07, 6.45) is 0. The van der Waals surface area contributed by atoms with Crippen LogP contribution in [0.5, 0.6) is 5.75 Å². The Morgan fingerprint density at radius 3 is 2.81 bits per heavy atom. The summed E-state index contributed by atoms with van der Waals surface area (Å²) in [6.45, 7) is 4.51. The van der Waals surface area contributed by atoms with Crippen LogP contribution in [0, 0.1) is 0 Å². The highest BCUT2D eigenvalue weighted by Crippen LogP contribution is 2.26. The van der Waals surface area contributed by atoms with E-state index in [-0.39, 0.29) is 11.9 Å². The van der Waals surface area contributed by atoms with Crippen LogP contribution in [0.15, 0.2) is 11.4 Å². The van der Waals surface area contributed by atoms with E-state index in [1.54, 1.807) is 18.1 Å². The molecular weight excluding hydrogens is 246 g/mol. The van der Waals surface area contributed by atoms with Crippen molar-refractivity contribution in [3.8, 4) is 5.75 Å². The van der Waals surface area contributed by atoms with Gasteiger partial charge in [-0.15, -0.1) is 22.9 Å². The predicted octanol–water partition coefficient (Wildman–Crippen LogP) is 2.85. The van der Waals surface area contributed by atoms with E-state index in [2.05, 4.69) is 0 Å². The first-order valence-electron chi connectivity index (χ1n) is 5.10. The lowest BCUT2D eigenvalue weighted by Crippen LogP contribution is -2.38. The third kappa shape index (κ3) is 2.89. The maximum Gasteiger partial charge on any atom is 0.268 e. The van der Waals surface area contributed by atoms with Crippen molar-refractivity contribution in [2.75, 3.05) is 19.5 Å². The van der Waals surface area contributed by atoms with E-state index >= 15 is 0 Å². The molecule has 1 amide bonds. The molecule has 0 aliphatic carbocycles. The first-order valence-corrected chi connectivity index (χ1v) is 6.51. The number of alkyl halides is 1. The highest BCUT2D eigenvalue weighted by Gasteiger charge is 2.22. The normalized spacial score (nSPS) is 10.6. The number of methoxy groups -OCH3 is 1. The molecule has 0 saturated heterocycles. The standard InChI is InChI=1S/C11H16ClNO2S/c1-8(2)13(6-5-12)11(14)10-9(15-3)4-7-16-10/h4,7-8H,5-6H2,1-3H3. The third-order valence-corrected chi connectivity index (χ3v) is 3.31. The van der Waals surface area contributed by atoms with Crippen molar-refractivity contribution in [1.82, 2.24) is 4.90 Å². The van der Waals surface area contributed by atoms with Gasteiger partial charge in [0, 0.05) is 18.5 Å². The molecule has 1 heterocycles. The molecule has 0 N–H and O–H groups in total. The Morgan fingerprint density at radius 1 is 1.62 bits per heavy atom. The lowest BCUT2D eigenvalue weighted by molar-refractivity contribution is 0.0720. The van der Waals surface area contributed by atoms with Crippen molar-refractivity contribution in [3.63, 3.8) is 0 Å². The number of ether oxygens (including phenoxy) is 1. The number of rotatable bonds is 5. The van der Waals surface area contributed by atoms with E-state index < -0.39 is 0 Å². The summed E-state index contributed by atoms with van der Waals surface area (Å²) in [5, 5.41) is 1.85. The number of nitrogens with zero attached hydrogens (tertiary/aromatic N) is 1. The predicted molar refractivity (Wildman–Crippen MR) is 67.8 cm³/mol. The Hall–Kier alpha value is -0.740. The molecule has 90 valence electrons. The second-order valence-corrected chi connectivity index (χ2v) is 4.89. The van der Waals surface area contributed by atoms with Crippen molar-refractivity contribution in [3.05, 3.63) is 16.3 Å². The second-order valence-electron chi connectivity index (χ2n) is 3.60. The molecule has 3 nitrogen and oxygen atoms in total. The third-order valence-electron chi connectivity index (χ3n) is 2.25. The van der Waals surface area contributed by atoms with Gasteiger partial charge >= 0.3 is 0 Å². The summed E-state index contributed by atoms with van der Waals surface area (Å²) >= 11 is 7.09. The molecule has 0 aliphatic rings. The lowest BCUT2D eigenvalue weighted by atomic mass is 10.3. The Kier molecular flexibility index (Phi) is 5.09. The van der Waals surface area contributed by atoms with E-state index in [4.69, 9.17) is 16.3 Å². The Balaban J connectivity index is 2.90. The quantitative estimate of drug-likeness (QED) is 0.763. The van der Waals surface area contributed by atoms with Gasteiger partial charge in [0.15, 0.2) is 0 Å². The van der Waals surface area contributed by atoms with Crippen molar-refractivity contribution < 1.29 is 9.53 Å². The smallest absolute Gasteiger partial charge is 0.268 e. The van der Waals surface area contributed by atoms with Gasteiger partial charge in [-0.05, 0) is 25.3 Å². The van der Waals surface area contributed by atoms with Gasteiger partial charge in [-0.2, -0.15) is 0 Å². The van der Waals surface area contributed by atoms with Crippen LogP contribution in [0.2, 0.25) is 0 Å². The molecule has 1 rings (SSSR count). The van der Waals surface area contributed by atoms with Crippen molar-refractivity contribution in [2.24, 2.45) is 0 Å². The van der Waals surface area contributed by atoms with Gasteiger partial charge in [0.2, 0.25) is 0 Å². The lowest BCUT2D eigenvalue weighted by Gasteiger charge is -2.25. The number of hydrogen-bond donors (Lipinski definition) is 0. The molecule has 0 unspecified atom stereocenters. The van der Waals surface area contributed by atoms with Crippen LogP contribution in [-0.4, -0.2) is 36.4 Å². The van der Waals surface area contributed by atoms with Crippen LogP contribution in [0.25, 0.3) is 0 Å². The molecule has 1 aromatic rings. The molecule has 0 radical (unpaired) electrons. The van der Waals surface area contributed by atoms with Crippen LogP contribution in [0.1, 0.15) is 23.5 Å². The SMILES string of the molecule is COc1ccsc1C(=O)N(CCCl)C(C)C. The largest absolute Gasteiger partial charge is 0.495 e. The van der Waals surface area contributed by atoms with E-state index in [1.165, 1.54) is 11.3 Å². The van der Waals surface area contributed by atoms with Gasteiger partial charge < -0.3 is 9.64 Å². The average molecular weight is 262 g/mol. The fraction of sp³-hybridized carbons (Fsp3) is 0.545. The van der Waals surface area contributed by atoms with Gasteiger partial charge in [-0.3, -0.25) is 4.79 Å². The Labute approximate surface area is 105 Å². The van der Waals surface area contributed by atoms with Gasteiger partial charge in [0.25, 0.3) is 5.91 Å². The number of halogens is 1. The first kappa shape index (κ1) is 13.3. The number of amides is 1. The summed E-state index contributed by atoms with van der Waals surface area (Å²) in [5.41, 5.74) is 0. The summed E-state index contributed by atoms with van der Waals surface area (Å²) in [5.74, 6) is 1.06. The van der Waals surface area contributed by atoms with Crippen LogP contribution >= 0.6 is 22.9 Å². The number of hydrogen-bond acceptors (Lipinski definition) is 3. The fourth-order valence-corrected chi connectivity index (χ4v) is 2.43. The highest BCUT2D eigenvalue weighted by molar-refractivity contribution is 7.12. The first-order chi connectivity index (χ1) is 7.61. The fourth-order valence-electron chi connectivity index (χ4n) is 1.43. The number of carbonyl (C=O) groups is 1. The van der Waals surface area contributed by atoms with Crippen molar-refractivity contribution in [2.45, 2.75) is 19.9 Å². The van der Waals surface area contributed by atoms with E-state index in [0.29, 0.717) is 23.1 Å². The van der Waals surface area contributed by atoms with E-state index in [1.807, 2.05) is 19.2 Å². The maximum atomic E-state index is 12.2. The molecule has 0 aliphatic heterocycles. The summed E-state index contributed by atoms with van der Waals surface area (Å²) in [4.78, 5) is 14.6. The summed E-state index contributed by atoms with van der Waals surface area (Å²) < 4.78 is 5.14.